The molecule has 1 radical (unpaired) electrons. The molecule has 2 rings (SSSR count). The summed E-state index contributed by atoms with van der Waals surface area (Å²) in [7, 11) is 0. The quantitative estimate of drug-likeness (QED) is 0.435. The van der Waals surface area contributed by atoms with Gasteiger partial charge in [0.1, 0.15) is 24.6 Å². The van der Waals surface area contributed by atoms with E-state index in [-0.39, 0.29) is 22.9 Å². The Balaban J connectivity index is 0.00000162. The van der Waals surface area contributed by atoms with Gasteiger partial charge in [-0.3, -0.25) is 4.79 Å². The number of carbonyl (C=O) groups excluding carboxylic acids is 1. The molecule has 1 aliphatic heterocycles. The topological polar surface area (TPSA) is 144 Å². The number of aromatic nitrogens is 3. The minimum atomic E-state index is -1.27. The normalized spacial score (nSPS) is 31.1. The number of nitrogens with two attached hydrogens (primary N) is 1. The van der Waals surface area contributed by atoms with E-state index >= 15 is 0 Å². The van der Waals surface area contributed by atoms with Crippen molar-refractivity contribution in [2.75, 3.05) is 6.61 Å². The fourth-order valence-corrected chi connectivity index (χ4v) is 1.61. The number of aliphatic hydroxyl groups excluding tert-OH is 3. The third-order valence-electron chi connectivity index (χ3n) is 2.51. The third-order valence-corrected chi connectivity index (χ3v) is 2.51. The minimum Gasteiger partial charge on any atom is -0.394 e. The standard InChI is InChI=1S/C8H12N4O5.Cu/c9-6(16)7-10-2-12(11-7)8-5(15)4(14)3(1-13)17-8;/h2-5,8,13-15H,1H2,(H2,9,16);/t3-,4-,5-,8-;/m1./s1. The van der Waals surface area contributed by atoms with E-state index in [9.17, 15) is 15.0 Å². The summed E-state index contributed by atoms with van der Waals surface area (Å²) in [5.41, 5.74) is 4.97. The molecule has 0 bridgehead atoms. The van der Waals surface area contributed by atoms with Crippen molar-refractivity contribution in [3.8, 4) is 0 Å². The fraction of sp³-hybridized carbons (Fsp3) is 0.625. The van der Waals surface area contributed by atoms with Gasteiger partial charge in [0.25, 0.3) is 5.91 Å². The molecule has 9 nitrogen and oxygen atoms in total. The number of aliphatic hydroxyl groups is 3. The molecule has 0 aromatic carbocycles. The van der Waals surface area contributed by atoms with Crippen LogP contribution in [0.15, 0.2) is 6.33 Å². The molecule has 2 heterocycles. The van der Waals surface area contributed by atoms with E-state index in [1.54, 1.807) is 0 Å². The van der Waals surface area contributed by atoms with Gasteiger partial charge in [0, 0.05) is 17.1 Å². The van der Waals surface area contributed by atoms with Crippen molar-refractivity contribution in [2.24, 2.45) is 5.73 Å². The number of carbonyl (C=O) groups is 1. The molecular weight excluding hydrogens is 296 g/mol. The Morgan fingerprint density at radius 3 is 2.61 bits per heavy atom. The summed E-state index contributed by atoms with van der Waals surface area (Å²) >= 11 is 0. The van der Waals surface area contributed by atoms with E-state index in [4.69, 9.17) is 15.6 Å². The van der Waals surface area contributed by atoms with Gasteiger partial charge in [-0.15, -0.1) is 5.10 Å². The monoisotopic (exact) mass is 307 g/mol. The predicted molar refractivity (Wildman–Crippen MR) is 51.5 cm³/mol. The second-order valence-electron chi connectivity index (χ2n) is 3.64. The van der Waals surface area contributed by atoms with Crippen LogP contribution in [-0.2, 0) is 21.8 Å². The summed E-state index contributed by atoms with van der Waals surface area (Å²) in [5, 5.41) is 31.8. The molecule has 5 N–H and O–H groups in total. The first-order valence-corrected chi connectivity index (χ1v) is 4.88. The SMILES string of the molecule is NC(=O)c1ncn([C@@H]2O[C@H](CO)[C@@H](O)[C@H]2O)n1.[Cu]. The molecular formula is C8H12CuN4O5. The zero-order valence-corrected chi connectivity index (χ0v) is 9.91. The molecule has 1 saturated heterocycles. The number of hydrogen-bond donors (Lipinski definition) is 4. The van der Waals surface area contributed by atoms with E-state index in [1.165, 1.54) is 0 Å². The Morgan fingerprint density at radius 2 is 2.17 bits per heavy atom. The van der Waals surface area contributed by atoms with Crippen LogP contribution in [0.25, 0.3) is 0 Å². The second-order valence-corrected chi connectivity index (χ2v) is 3.64. The van der Waals surface area contributed by atoms with Gasteiger partial charge in [-0.2, -0.15) is 0 Å². The first-order valence-electron chi connectivity index (χ1n) is 4.88. The number of rotatable bonds is 3. The van der Waals surface area contributed by atoms with Gasteiger partial charge in [-0.25, -0.2) is 9.67 Å². The van der Waals surface area contributed by atoms with Crippen molar-refractivity contribution in [3.63, 3.8) is 0 Å². The van der Waals surface area contributed by atoms with E-state index in [2.05, 4.69) is 10.1 Å². The molecule has 1 aliphatic rings. The van der Waals surface area contributed by atoms with Gasteiger partial charge < -0.3 is 25.8 Å². The molecule has 105 valence electrons. The molecule has 1 aromatic heterocycles. The van der Waals surface area contributed by atoms with Crippen molar-refractivity contribution in [1.29, 1.82) is 0 Å². The minimum absolute atomic E-state index is 0. The average Bonchev–Trinajstić information content (AvgIpc) is 2.87. The van der Waals surface area contributed by atoms with Crippen LogP contribution in [0.5, 0.6) is 0 Å². The Hall–Kier alpha value is -1.03. The zero-order chi connectivity index (χ0) is 12.6. The third kappa shape index (κ3) is 2.53. The van der Waals surface area contributed by atoms with Gasteiger partial charge in [-0.1, -0.05) is 0 Å². The summed E-state index contributed by atoms with van der Waals surface area (Å²) in [6.45, 7) is -0.438. The van der Waals surface area contributed by atoms with Crippen LogP contribution in [0.3, 0.4) is 0 Å². The van der Waals surface area contributed by atoms with E-state index in [0.717, 1.165) is 11.0 Å². The van der Waals surface area contributed by atoms with Crippen molar-refractivity contribution in [3.05, 3.63) is 12.2 Å². The van der Waals surface area contributed by atoms with Crippen LogP contribution in [0, 0.1) is 0 Å². The smallest absolute Gasteiger partial charge is 0.288 e. The van der Waals surface area contributed by atoms with Crippen LogP contribution >= 0.6 is 0 Å². The molecule has 1 amide bonds. The number of nitrogens with zero attached hydrogens (tertiary/aromatic N) is 3. The van der Waals surface area contributed by atoms with Crippen molar-refractivity contribution in [2.45, 2.75) is 24.5 Å². The fourth-order valence-electron chi connectivity index (χ4n) is 1.61. The van der Waals surface area contributed by atoms with Crippen molar-refractivity contribution in [1.82, 2.24) is 14.8 Å². The van der Waals surface area contributed by atoms with Crippen LogP contribution < -0.4 is 5.73 Å². The molecule has 1 aromatic rings. The van der Waals surface area contributed by atoms with Crippen molar-refractivity contribution < 1.29 is 41.9 Å². The number of primary amides is 1. The Kier molecular flexibility index (Phi) is 4.79. The Morgan fingerprint density at radius 1 is 1.50 bits per heavy atom. The largest absolute Gasteiger partial charge is 0.394 e. The molecule has 4 atom stereocenters. The first kappa shape index (κ1) is 15.0. The van der Waals surface area contributed by atoms with Gasteiger partial charge in [0.15, 0.2) is 6.23 Å². The second kappa shape index (κ2) is 5.74. The van der Waals surface area contributed by atoms with E-state index in [0.29, 0.717) is 0 Å². The molecule has 0 unspecified atom stereocenters. The van der Waals surface area contributed by atoms with E-state index in [1.807, 2.05) is 0 Å². The Labute approximate surface area is 112 Å². The summed E-state index contributed by atoms with van der Waals surface area (Å²) in [6.07, 6.45) is -3.26. The number of ether oxygens (including phenoxy) is 1. The van der Waals surface area contributed by atoms with Crippen LogP contribution in [-0.4, -0.2) is 60.9 Å². The molecule has 0 saturated carbocycles. The summed E-state index contributed by atoms with van der Waals surface area (Å²) in [5.74, 6) is -1.03. The number of amides is 1. The maximum atomic E-state index is 10.8. The molecule has 1 fully saturated rings. The first-order chi connectivity index (χ1) is 8.04. The molecule has 18 heavy (non-hydrogen) atoms. The van der Waals surface area contributed by atoms with Crippen molar-refractivity contribution >= 4 is 5.91 Å². The number of hydrogen-bond acceptors (Lipinski definition) is 7. The Bertz CT molecular complexity index is 427. The maximum Gasteiger partial charge on any atom is 0.288 e. The van der Waals surface area contributed by atoms with Gasteiger partial charge in [0.2, 0.25) is 5.82 Å². The molecule has 10 heteroatoms. The summed E-state index contributed by atoms with van der Waals surface area (Å²) in [6, 6.07) is 0. The van der Waals surface area contributed by atoms with E-state index < -0.39 is 37.1 Å². The summed E-state index contributed by atoms with van der Waals surface area (Å²) < 4.78 is 6.25. The van der Waals surface area contributed by atoms with Gasteiger partial charge in [0.05, 0.1) is 6.61 Å². The molecule has 0 aliphatic carbocycles. The van der Waals surface area contributed by atoms with Crippen LogP contribution in [0.1, 0.15) is 16.8 Å². The summed E-state index contributed by atoms with van der Waals surface area (Å²) in [4.78, 5) is 14.4. The van der Waals surface area contributed by atoms with Gasteiger partial charge >= 0.3 is 0 Å². The average molecular weight is 308 g/mol. The van der Waals surface area contributed by atoms with Crippen LogP contribution in [0.2, 0.25) is 0 Å². The maximum absolute atomic E-state index is 10.8. The molecule has 0 spiro atoms. The predicted octanol–water partition coefficient (Wildman–Crippen LogP) is -3.01. The zero-order valence-electron chi connectivity index (χ0n) is 8.97. The van der Waals surface area contributed by atoms with Gasteiger partial charge in [-0.05, 0) is 0 Å². The van der Waals surface area contributed by atoms with Crippen LogP contribution in [0.4, 0.5) is 0 Å².